The topological polar surface area (TPSA) is 72.3 Å². The number of rotatable bonds is 5. The summed E-state index contributed by atoms with van der Waals surface area (Å²) in [6.45, 7) is 6.64. The Kier molecular flexibility index (Phi) is 5.42. The molecule has 1 saturated heterocycles. The second kappa shape index (κ2) is 7.46. The summed E-state index contributed by atoms with van der Waals surface area (Å²) in [5, 5.41) is 4.40. The predicted octanol–water partition coefficient (Wildman–Crippen LogP) is 2.86. The number of amides is 1. The van der Waals surface area contributed by atoms with Crippen LogP contribution < -0.4 is 0 Å². The first-order valence-electron chi connectivity index (χ1n) is 9.37. The highest BCUT2D eigenvalue weighted by molar-refractivity contribution is 7.91. The second-order valence-corrected chi connectivity index (χ2v) is 9.69. The number of carbonyl (C=O) groups is 1. The Hall–Kier alpha value is -2.15. The molecule has 1 fully saturated rings. The zero-order chi connectivity index (χ0) is 19.8. The van der Waals surface area contributed by atoms with Crippen LogP contribution in [0.3, 0.4) is 0 Å². The number of carbonyl (C=O) groups excluding carboxylic acids is 1. The van der Waals surface area contributed by atoms with Gasteiger partial charge in [0.15, 0.2) is 15.5 Å². The number of hydrogen-bond acceptors (Lipinski definition) is 4. The number of sulfone groups is 1. The maximum Gasteiger partial charge on any atom is 0.274 e. The van der Waals surface area contributed by atoms with Crippen LogP contribution in [0.25, 0.3) is 11.3 Å². The van der Waals surface area contributed by atoms with E-state index in [9.17, 15) is 13.2 Å². The number of hydrogen-bond donors (Lipinski definition) is 0. The average Bonchev–Trinajstić information content (AvgIpc) is 3.18. The van der Waals surface area contributed by atoms with Gasteiger partial charge in [-0.25, -0.2) is 8.42 Å². The van der Waals surface area contributed by atoms with E-state index in [2.05, 4.69) is 31.1 Å². The first kappa shape index (κ1) is 19.6. The van der Waals surface area contributed by atoms with Crippen molar-refractivity contribution in [1.82, 2.24) is 14.7 Å². The molecule has 1 aromatic carbocycles. The molecule has 3 rings (SSSR count). The molecule has 2 aromatic rings. The Bertz CT molecular complexity index is 930. The molecule has 2 heterocycles. The SMILES string of the molecule is CCN(C(=O)c1cc(-c2ccc(C(C)C)cc2)n(C)n1)C1CCS(=O)(=O)C1. The molecule has 0 aliphatic carbocycles. The summed E-state index contributed by atoms with van der Waals surface area (Å²) in [5.41, 5.74) is 3.48. The molecule has 0 saturated carbocycles. The largest absolute Gasteiger partial charge is 0.333 e. The van der Waals surface area contributed by atoms with Crippen molar-refractivity contribution in [3.63, 3.8) is 0 Å². The average molecular weight is 390 g/mol. The molecule has 0 spiro atoms. The highest BCUT2D eigenvalue weighted by Gasteiger charge is 2.35. The highest BCUT2D eigenvalue weighted by Crippen LogP contribution is 2.25. The van der Waals surface area contributed by atoms with Gasteiger partial charge in [-0.05, 0) is 36.5 Å². The molecule has 6 nitrogen and oxygen atoms in total. The van der Waals surface area contributed by atoms with Gasteiger partial charge < -0.3 is 4.90 Å². The molecule has 1 amide bonds. The van der Waals surface area contributed by atoms with Gasteiger partial charge in [-0.3, -0.25) is 9.48 Å². The Morgan fingerprint density at radius 2 is 1.96 bits per heavy atom. The fraction of sp³-hybridized carbons (Fsp3) is 0.500. The van der Waals surface area contributed by atoms with Crippen LogP contribution in [0.15, 0.2) is 30.3 Å². The molecule has 1 aliphatic rings. The van der Waals surface area contributed by atoms with Gasteiger partial charge in [-0.2, -0.15) is 5.10 Å². The van der Waals surface area contributed by atoms with Crippen LogP contribution >= 0.6 is 0 Å². The Morgan fingerprint density at radius 3 is 2.48 bits per heavy atom. The molecule has 1 aliphatic heterocycles. The molecule has 146 valence electrons. The zero-order valence-corrected chi connectivity index (χ0v) is 17.2. The van der Waals surface area contributed by atoms with Gasteiger partial charge in [0, 0.05) is 19.6 Å². The van der Waals surface area contributed by atoms with Gasteiger partial charge in [0.2, 0.25) is 0 Å². The molecule has 0 radical (unpaired) electrons. The zero-order valence-electron chi connectivity index (χ0n) is 16.3. The van der Waals surface area contributed by atoms with Crippen molar-refractivity contribution in [2.45, 2.75) is 39.2 Å². The summed E-state index contributed by atoms with van der Waals surface area (Å²) in [5.74, 6) is 0.448. The molecule has 27 heavy (non-hydrogen) atoms. The fourth-order valence-electron chi connectivity index (χ4n) is 3.62. The quantitative estimate of drug-likeness (QED) is 0.788. The van der Waals surface area contributed by atoms with E-state index in [1.54, 1.807) is 15.6 Å². The maximum absolute atomic E-state index is 13.0. The lowest BCUT2D eigenvalue weighted by molar-refractivity contribution is 0.0701. The number of nitrogens with zero attached hydrogens (tertiary/aromatic N) is 3. The fourth-order valence-corrected chi connectivity index (χ4v) is 5.35. The Labute approximate surface area is 161 Å². The summed E-state index contributed by atoms with van der Waals surface area (Å²) < 4.78 is 25.3. The van der Waals surface area contributed by atoms with Gasteiger partial charge in [0.1, 0.15) is 0 Å². The van der Waals surface area contributed by atoms with E-state index in [1.165, 1.54) is 5.56 Å². The number of aryl methyl sites for hydroxylation is 1. The van der Waals surface area contributed by atoms with Crippen LogP contribution in [0.1, 0.15) is 49.2 Å². The van der Waals surface area contributed by atoms with Crippen LogP contribution in [0.5, 0.6) is 0 Å². The summed E-state index contributed by atoms with van der Waals surface area (Å²) in [6, 6.07) is 9.80. The number of benzene rings is 1. The molecular weight excluding hydrogens is 362 g/mol. The van der Waals surface area contributed by atoms with Gasteiger partial charge in [0.25, 0.3) is 5.91 Å². The maximum atomic E-state index is 13.0. The van der Waals surface area contributed by atoms with Crippen LogP contribution in [0.2, 0.25) is 0 Å². The van der Waals surface area contributed by atoms with Crippen LogP contribution in [-0.2, 0) is 16.9 Å². The van der Waals surface area contributed by atoms with Crippen molar-refractivity contribution in [1.29, 1.82) is 0 Å². The Morgan fingerprint density at radius 1 is 1.30 bits per heavy atom. The monoisotopic (exact) mass is 389 g/mol. The molecule has 1 unspecified atom stereocenters. The van der Waals surface area contributed by atoms with Gasteiger partial charge in [-0.15, -0.1) is 0 Å². The van der Waals surface area contributed by atoms with E-state index in [0.717, 1.165) is 11.3 Å². The van der Waals surface area contributed by atoms with Crippen molar-refractivity contribution in [2.24, 2.45) is 7.05 Å². The second-order valence-electron chi connectivity index (χ2n) is 7.46. The third-order valence-corrected chi connectivity index (χ3v) is 6.97. The van der Waals surface area contributed by atoms with Crippen molar-refractivity contribution in [3.8, 4) is 11.3 Å². The summed E-state index contributed by atoms with van der Waals surface area (Å²) in [6.07, 6.45) is 0.498. The summed E-state index contributed by atoms with van der Waals surface area (Å²) in [4.78, 5) is 14.6. The minimum absolute atomic E-state index is 0.0446. The van der Waals surface area contributed by atoms with E-state index in [0.29, 0.717) is 24.6 Å². The van der Waals surface area contributed by atoms with Crippen molar-refractivity contribution >= 4 is 15.7 Å². The minimum Gasteiger partial charge on any atom is -0.333 e. The Balaban J connectivity index is 1.85. The van der Waals surface area contributed by atoms with Gasteiger partial charge in [-0.1, -0.05) is 38.1 Å². The minimum atomic E-state index is -3.04. The summed E-state index contributed by atoms with van der Waals surface area (Å²) in [7, 11) is -1.22. The normalized spacial score (nSPS) is 18.8. The lowest BCUT2D eigenvalue weighted by atomic mass is 10.0. The third-order valence-electron chi connectivity index (χ3n) is 5.22. The highest BCUT2D eigenvalue weighted by atomic mass is 32.2. The smallest absolute Gasteiger partial charge is 0.274 e. The summed E-state index contributed by atoms with van der Waals surface area (Å²) >= 11 is 0. The van der Waals surface area contributed by atoms with Crippen molar-refractivity contribution < 1.29 is 13.2 Å². The van der Waals surface area contributed by atoms with Gasteiger partial charge >= 0.3 is 0 Å². The molecule has 0 N–H and O–H groups in total. The van der Waals surface area contributed by atoms with E-state index in [4.69, 9.17) is 0 Å². The van der Waals surface area contributed by atoms with Crippen molar-refractivity contribution in [2.75, 3.05) is 18.1 Å². The molecule has 1 aromatic heterocycles. The van der Waals surface area contributed by atoms with E-state index in [-0.39, 0.29) is 23.5 Å². The molecule has 0 bridgehead atoms. The third kappa shape index (κ3) is 4.08. The first-order valence-corrected chi connectivity index (χ1v) is 11.2. The number of aromatic nitrogens is 2. The van der Waals surface area contributed by atoms with Crippen LogP contribution in [-0.4, -0.2) is 53.1 Å². The van der Waals surface area contributed by atoms with Crippen LogP contribution in [0.4, 0.5) is 0 Å². The molecular formula is C20H27N3O3S. The first-order chi connectivity index (χ1) is 12.7. The van der Waals surface area contributed by atoms with Crippen LogP contribution in [0, 0.1) is 0 Å². The van der Waals surface area contributed by atoms with E-state index >= 15 is 0 Å². The predicted molar refractivity (Wildman–Crippen MR) is 107 cm³/mol. The van der Waals surface area contributed by atoms with E-state index in [1.807, 2.05) is 26.1 Å². The lowest BCUT2D eigenvalue weighted by Gasteiger charge is -2.25. The standard InChI is InChI=1S/C20H27N3O3S/c1-5-23(17-10-11-27(25,26)13-17)20(24)18-12-19(22(4)21-18)16-8-6-15(7-9-16)14(2)3/h6-9,12,14,17H,5,10-11,13H2,1-4H3. The van der Waals surface area contributed by atoms with E-state index < -0.39 is 9.84 Å². The van der Waals surface area contributed by atoms with Crippen molar-refractivity contribution in [3.05, 3.63) is 41.6 Å². The lowest BCUT2D eigenvalue weighted by Crippen LogP contribution is -2.41. The van der Waals surface area contributed by atoms with Gasteiger partial charge in [0.05, 0.1) is 17.2 Å². The molecule has 7 heteroatoms. The molecule has 1 atom stereocenters.